The van der Waals surface area contributed by atoms with Gasteiger partial charge in [0.05, 0.1) is 0 Å². The highest BCUT2D eigenvalue weighted by Gasteiger charge is 2.45. The standard InChI is InChI=1S/C18H21F4NO3/c19-13-7-11(5-6-16(13)26-10-18(20,21)22)9-23-14-4-2-1-3-12(14)8-15(23)17(24)25/h5-7,12,14-15H,1-4,8-10H2,(H,24,25). The molecule has 3 rings (SSSR count). The van der Waals surface area contributed by atoms with Crippen LogP contribution in [0.25, 0.3) is 0 Å². The van der Waals surface area contributed by atoms with Crippen LogP contribution in [0, 0.1) is 11.7 Å². The lowest BCUT2D eigenvalue weighted by Gasteiger charge is -2.33. The molecule has 3 unspecified atom stereocenters. The second-order valence-corrected chi connectivity index (χ2v) is 7.04. The summed E-state index contributed by atoms with van der Waals surface area (Å²) in [6, 6.07) is 3.34. The average Bonchev–Trinajstić information content (AvgIpc) is 2.92. The Labute approximate surface area is 148 Å². The summed E-state index contributed by atoms with van der Waals surface area (Å²) in [5, 5.41) is 9.51. The van der Waals surface area contributed by atoms with Crippen LogP contribution in [0.3, 0.4) is 0 Å². The van der Waals surface area contributed by atoms with Gasteiger partial charge in [-0.15, -0.1) is 0 Å². The van der Waals surface area contributed by atoms with E-state index in [1.54, 1.807) is 0 Å². The fourth-order valence-electron chi connectivity index (χ4n) is 4.15. The molecule has 3 atom stereocenters. The zero-order valence-electron chi connectivity index (χ0n) is 14.1. The van der Waals surface area contributed by atoms with Crippen LogP contribution in [-0.4, -0.2) is 40.8 Å². The Hall–Kier alpha value is -1.83. The zero-order chi connectivity index (χ0) is 18.9. The van der Waals surface area contributed by atoms with Crippen LogP contribution in [0.2, 0.25) is 0 Å². The number of likely N-dealkylation sites (tertiary alicyclic amines) is 1. The van der Waals surface area contributed by atoms with Gasteiger partial charge in [-0.1, -0.05) is 18.9 Å². The summed E-state index contributed by atoms with van der Waals surface area (Å²) < 4.78 is 55.1. The number of carboxylic acid groups (broad SMARTS) is 1. The lowest BCUT2D eigenvalue weighted by molar-refractivity contribution is -0.153. The number of carboxylic acids is 1. The van der Waals surface area contributed by atoms with Crippen molar-refractivity contribution in [3.8, 4) is 5.75 Å². The Bertz CT molecular complexity index is 664. The number of hydrogen-bond donors (Lipinski definition) is 1. The first-order chi connectivity index (χ1) is 12.2. The normalized spacial score (nSPS) is 26.5. The minimum absolute atomic E-state index is 0.161. The highest BCUT2D eigenvalue weighted by atomic mass is 19.4. The molecule has 1 saturated carbocycles. The maximum Gasteiger partial charge on any atom is 0.422 e. The number of alkyl halides is 3. The summed E-state index contributed by atoms with van der Waals surface area (Å²) in [5.74, 6) is -1.88. The van der Waals surface area contributed by atoms with Crippen molar-refractivity contribution in [2.75, 3.05) is 6.61 Å². The van der Waals surface area contributed by atoms with Crippen molar-refractivity contribution in [1.82, 2.24) is 4.90 Å². The number of aliphatic carboxylic acids is 1. The van der Waals surface area contributed by atoms with E-state index in [2.05, 4.69) is 4.74 Å². The fourth-order valence-corrected chi connectivity index (χ4v) is 4.15. The second-order valence-electron chi connectivity index (χ2n) is 7.04. The number of ether oxygens (including phenoxy) is 1. The molecule has 1 heterocycles. The summed E-state index contributed by atoms with van der Waals surface area (Å²) in [6.45, 7) is -1.30. The van der Waals surface area contributed by atoms with Gasteiger partial charge in [0.2, 0.25) is 0 Å². The molecule has 8 heteroatoms. The molecule has 1 aromatic rings. The number of halogens is 4. The quantitative estimate of drug-likeness (QED) is 0.791. The molecule has 144 valence electrons. The molecule has 0 radical (unpaired) electrons. The Morgan fingerprint density at radius 3 is 2.65 bits per heavy atom. The zero-order valence-corrected chi connectivity index (χ0v) is 14.1. The van der Waals surface area contributed by atoms with Crippen LogP contribution >= 0.6 is 0 Å². The molecule has 2 aliphatic rings. The first-order valence-corrected chi connectivity index (χ1v) is 8.71. The van der Waals surface area contributed by atoms with Crippen LogP contribution < -0.4 is 4.74 Å². The molecule has 1 N–H and O–H groups in total. The molecule has 26 heavy (non-hydrogen) atoms. The van der Waals surface area contributed by atoms with Crippen LogP contribution in [0.5, 0.6) is 5.75 Å². The topological polar surface area (TPSA) is 49.8 Å². The van der Waals surface area contributed by atoms with Crippen molar-refractivity contribution in [2.45, 2.75) is 56.9 Å². The average molecular weight is 375 g/mol. The third kappa shape index (κ3) is 4.28. The number of fused-ring (bicyclic) bond motifs is 1. The molecule has 1 aliphatic carbocycles. The van der Waals surface area contributed by atoms with Gasteiger partial charge in [-0.3, -0.25) is 9.69 Å². The number of nitrogens with zero attached hydrogens (tertiary/aromatic N) is 1. The van der Waals surface area contributed by atoms with Gasteiger partial charge in [-0.05, 0) is 42.9 Å². The summed E-state index contributed by atoms with van der Waals surface area (Å²) in [7, 11) is 0. The summed E-state index contributed by atoms with van der Waals surface area (Å²) in [6.07, 6.45) is 0.123. The third-order valence-electron chi connectivity index (χ3n) is 5.26. The number of rotatable bonds is 5. The van der Waals surface area contributed by atoms with E-state index in [0.29, 0.717) is 17.9 Å². The first-order valence-electron chi connectivity index (χ1n) is 8.71. The molecular weight excluding hydrogens is 354 g/mol. The van der Waals surface area contributed by atoms with Gasteiger partial charge in [0.1, 0.15) is 6.04 Å². The molecule has 0 amide bonds. The molecule has 0 aromatic heterocycles. The smallest absolute Gasteiger partial charge is 0.422 e. The molecule has 1 aliphatic heterocycles. The maximum atomic E-state index is 14.1. The maximum absolute atomic E-state index is 14.1. The fraction of sp³-hybridized carbons (Fsp3) is 0.611. The van der Waals surface area contributed by atoms with Gasteiger partial charge in [0.25, 0.3) is 0 Å². The predicted octanol–water partition coefficient (Wildman–Crippen LogP) is 3.98. The Morgan fingerprint density at radius 2 is 2.00 bits per heavy atom. The SMILES string of the molecule is O=C(O)C1CC2CCCCC2N1Cc1ccc(OCC(F)(F)F)c(F)c1. The predicted molar refractivity (Wildman–Crippen MR) is 85.3 cm³/mol. The van der Waals surface area contributed by atoms with E-state index >= 15 is 0 Å². The van der Waals surface area contributed by atoms with Crippen molar-refractivity contribution < 1.29 is 32.2 Å². The van der Waals surface area contributed by atoms with Crippen LogP contribution in [0.1, 0.15) is 37.7 Å². The molecular formula is C18H21F4NO3. The molecule has 4 nitrogen and oxygen atoms in total. The van der Waals surface area contributed by atoms with Gasteiger partial charge in [-0.25, -0.2) is 4.39 Å². The van der Waals surface area contributed by atoms with Gasteiger partial charge in [0, 0.05) is 12.6 Å². The lowest BCUT2D eigenvalue weighted by Crippen LogP contribution is -2.41. The van der Waals surface area contributed by atoms with E-state index in [0.717, 1.165) is 31.7 Å². The highest BCUT2D eigenvalue weighted by molar-refractivity contribution is 5.74. The highest BCUT2D eigenvalue weighted by Crippen LogP contribution is 2.40. The number of carbonyl (C=O) groups is 1. The van der Waals surface area contributed by atoms with Crippen LogP contribution in [-0.2, 0) is 11.3 Å². The largest absolute Gasteiger partial charge is 0.481 e. The molecule has 1 saturated heterocycles. The van der Waals surface area contributed by atoms with Crippen molar-refractivity contribution in [3.63, 3.8) is 0 Å². The molecule has 0 spiro atoms. The Kier molecular flexibility index (Phi) is 5.41. The van der Waals surface area contributed by atoms with Crippen molar-refractivity contribution in [2.24, 2.45) is 5.92 Å². The van der Waals surface area contributed by atoms with Crippen LogP contribution in [0.15, 0.2) is 18.2 Å². The van der Waals surface area contributed by atoms with E-state index < -0.39 is 36.4 Å². The Morgan fingerprint density at radius 1 is 1.27 bits per heavy atom. The van der Waals surface area contributed by atoms with Crippen LogP contribution in [0.4, 0.5) is 17.6 Å². The van der Waals surface area contributed by atoms with E-state index in [9.17, 15) is 27.5 Å². The van der Waals surface area contributed by atoms with E-state index in [1.165, 1.54) is 12.1 Å². The molecule has 1 aromatic carbocycles. The van der Waals surface area contributed by atoms with Gasteiger partial charge < -0.3 is 9.84 Å². The minimum Gasteiger partial charge on any atom is -0.481 e. The number of benzene rings is 1. The van der Waals surface area contributed by atoms with Gasteiger partial charge >= 0.3 is 12.1 Å². The van der Waals surface area contributed by atoms with Crippen molar-refractivity contribution in [1.29, 1.82) is 0 Å². The van der Waals surface area contributed by atoms with Gasteiger partial charge in [0.15, 0.2) is 18.2 Å². The summed E-state index contributed by atoms with van der Waals surface area (Å²) in [5.41, 5.74) is 0.527. The second kappa shape index (κ2) is 7.42. The molecule has 2 fully saturated rings. The summed E-state index contributed by atoms with van der Waals surface area (Å²) in [4.78, 5) is 13.5. The minimum atomic E-state index is -4.54. The van der Waals surface area contributed by atoms with E-state index in [4.69, 9.17) is 0 Å². The molecule has 0 bridgehead atoms. The monoisotopic (exact) mass is 375 g/mol. The van der Waals surface area contributed by atoms with Crippen molar-refractivity contribution in [3.05, 3.63) is 29.6 Å². The van der Waals surface area contributed by atoms with E-state index in [1.807, 2.05) is 4.90 Å². The number of hydrogen-bond acceptors (Lipinski definition) is 3. The third-order valence-corrected chi connectivity index (χ3v) is 5.26. The van der Waals surface area contributed by atoms with Crippen molar-refractivity contribution >= 4 is 5.97 Å². The Balaban J connectivity index is 1.72. The van der Waals surface area contributed by atoms with E-state index in [-0.39, 0.29) is 12.6 Å². The van der Waals surface area contributed by atoms with Gasteiger partial charge in [-0.2, -0.15) is 13.2 Å². The first kappa shape index (κ1) is 18.9. The lowest BCUT2D eigenvalue weighted by atomic mass is 9.84. The summed E-state index contributed by atoms with van der Waals surface area (Å²) >= 11 is 0.